The number of hydrogen-bond acceptors (Lipinski definition) is 2. The summed E-state index contributed by atoms with van der Waals surface area (Å²) < 4.78 is 0. The van der Waals surface area contributed by atoms with Crippen LogP contribution in [0.3, 0.4) is 0 Å². The van der Waals surface area contributed by atoms with E-state index in [0.29, 0.717) is 5.54 Å². The van der Waals surface area contributed by atoms with Crippen LogP contribution in [-0.4, -0.2) is 23.5 Å². The lowest BCUT2D eigenvalue weighted by molar-refractivity contribution is 0.0981. The van der Waals surface area contributed by atoms with Crippen molar-refractivity contribution in [1.29, 1.82) is 0 Å². The van der Waals surface area contributed by atoms with E-state index < -0.39 is 0 Å². The van der Waals surface area contributed by atoms with Crippen molar-refractivity contribution in [2.24, 2.45) is 11.1 Å². The number of nitrogens with zero attached hydrogens (tertiary/aromatic N) is 1. The maximum absolute atomic E-state index is 6.51. The van der Waals surface area contributed by atoms with Gasteiger partial charge >= 0.3 is 0 Å². The smallest absolute Gasteiger partial charge is 0.0359 e. The standard InChI is InChI=1S/C17H28N2/c1-16(2,13-19-12-8-11-17(19,3)4)15(18)14-9-6-5-7-10-14/h5-7,9-10,15H,8,11-13,18H2,1-4H3. The molecule has 1 unspecified atom stereocenters. The number of benzene rings is 1. The third-order valence-corrected chi connectivity index (χ3v) is 4.67. The second-order valence-corrected chi connectivity index (χ2v) is 7.21. The Morgan fingerprint density at radius 2 is 1.89 bits per heavy atom. The fraction of sp³-hybridized carbons (Fsp3) is 0.647. The Morgan fingerprint density at radius 3 is 2.42 bits per heavy atom. The van der Waals surface area contributed by atoms with Crippen LogP contribution in [0.5, 0.6) is 0 Å². The van der Waals surface area contributed by atoms with Crippen molar-refractivity contribution in [3.05, 3.63) is 35.9 Å². The van der Waals surface area contributed by atoms with Gasteiger partial charge < -0.3 is 5.73 Å². The van der Waals surface area contributed by atoms with Gasteiger partial charge in [0.1, 0.15) is 0 Å². The van der Waals surface area contributed by atoms with E-state index in [2.05, 4.69) is 56.9 Å². The molecule has 0 radical (unpaired) electrons. The van der Waals surface area contributed by atoms with Crippen LogP contribution in [0.15, 0.2) is 30.3 Å². The number of rotatable bonds is 4. The predicted octanol–water partition coefficient (Wildman–Crippen LogP) is 3.59. The molecule has 1 heterocycles. The maximum Gasteiger partial charge on any atom is 0.0359 e. The molecular weight excluding hydrogens is 232 g/mol. The molecule has 106 valence electrons. The molecule has 0 amide bonds. The topological polar surface area (TPSA) is 29.3 Å². The van der Waals surface area contributed by atoms with Gasteiger partial charge in [0.15, 0.2) is 0 Å². The van der Waals surface area contributed by atoms with Crippen molar-refractivity contribution in [2.45, 2.75) is 52.1 Å². The molecule has 2 N–H and O–H groups in total. The van der Waals surface area contributed by atoms with Gasteiger partial charge in [0.2, 0.25) is 0 Å². The Labute approximate surface area is 118 Å². The van der Waals surface area contributed by atoms with Crippen LogP contribution in [-0.2, 0) is 0 Å². The van der Waals surface area contributed by atoms with Crippen LogP contribution >= 0.6 is 0 Å². The first-order valence-corrected chi connectivity index (χ1v) is 7.38. The van der Waals surface area contributed by atoms with Crippen molar-refractivity contribution >= 4 is 0 Å². The zero-order chi connectivity index (χ0) is 14.1. The number of likely N-dealkylation sites (tertiary alicyclic amines) is 1. The van der Waals surface area contributed by atoms with E-state index in [1.165, 1.54) is 24.9 Å². The first kappa shape index (κ1) is 14.5. The lowest BCUT2D eigenvalue weighted by Gasteiger charge is -2.41. The van der Waals surface area contributed by atoms with Gasteiger partial charge in [-0.15, -0.1) is 0 Å². The molecule has 0 spiro atoms. The van der Waals surface area contributed by atoms with E-state index in [1.54, 1.807) is 0 Å². The largest absolute Gasteiger partial charge is 0.323 e. The highest BCUT2D eigenvalue weighted by molar-refractivity contribution is 5.20. The summed E-state index contributed by atoms with van der Waals surface area (Å²) in [6, 6.07) is 10.6. The SMILES string of the molecule is CC(C)(CN1CCCC1(C)C)C(N)c1ccccc1. The maximum atomic E-state index is 6.51. The van der Waals surface area contributed by atoms with Crippen LogP contribution in [0.25, 0.3) is 0 Å². The molecule has 0 aromatic heterocycles. The molecule has 2 heteroatoms. The molecule has 2 nitrogen and oxygen atoms in total. The normalized spacial score (nSPS) is 21.5. The summed E-state index contributed by atoms with van der Waals surface area (Å²) in [7, 11) is 0. The molecule has 1 saturated heterocycles. The fourth-order valence-electron chi connectivity index (χ4n) is 3.16. The van der Waals surface area contributed by atoms with Gasteiger partial charge in [-0.25, -0.2) is 0 Å². The number of nitrogens with two attached hydrogens (primary N) is 1. The second-order valence-electron chi connectivity index (χ2n) is 7.21. The van der Waals surface area contributed by atoms with Crippen LogP contribution in [0.2, 0.25) is 0 Å². The van der Waals surface area contributed by atoms with Gasteiger partial charge in [0.05, 0.1) is 0 Å². The Hall–Kier alpha value is -0.860. The Kier molecular flexibility index (Phi) is 4.03. The zero-order valence-electron chi connectivity index (χ0n) is 12.8. The minimum absolute atomic E-state index is 0.0863. The molecule has 1 aliphatic heterocycles. The van der Waals surface area contributed by atoms with Crippen LogP contribution in [0, 0.1) is 5.41 Å². The van der Waals surface area contributed by atoms with E-state index in [4.69, 9.17) is 5.73 Å². The second kappa shape index (κ2) is 5.26. The van der Waals surface area contributed by atoms with Gasteiger partial charge in [-0.1, -0.05) is 44.2 Å². The highest BCUT2D eigenvalue weighted by Gasteiger charge is 2.37. The Balaban J connectivity index is 2.10. The molecule has 1 atom stereocenters. The molecule has 1 aliphatic rings. The lowest BCUT2D eigenvalue weighted by Crippen LogP contribution is -2.47. The summed E-state index contributed by atoms with van der Waals surface area (Å²) in [6.07, 6.45) is 2.60. The third-order valence-electron chi connectivity index (χ3n) is 4.67. The van der Waals surface area contributed by atoms with E-state index in [9.17, 15) is 0 Å². The van der Waals surface area contributed by atoms with Crippen molar-refractivity contribution in [3.8, 4) is 0 Å². The van der Waals surface area contributed by atoms with E-state index in [0.717, 1.165) is 6.54 Å². The monoisotopic (exact) mass is 260 g/mol. The minimum Gasteiger partial charge on any atom is -0.323 e. The molecule has 0 bridgehead atoms. The molecule has 19 heavy (non-hydrogen) atoms. The summed E-state index contributed by atoms with van der Waals surface area (Å²) in [6.45, 7) is 11.6. The molecule has 0 aliphatic carbocycles. The van der Waals surface area contributed by atoms with Gasteiger partial charge in [-0.2, -0.15) is 0 Å². The number of hydrogen-bond donors (Lipinski definition) is 1. The summed E-state index contributed by atoms with van der Waals surface area (Å²) in [4.78, 5) is 2.61. The molecule has 1 fully saturated rings. The third kappa shape index (κ3) is 3.18. The Morgan fingerprint density at radius 1 is 1.26 bits per heavy atom. The first-order valence-electron chi connectivity index (χ1n) is 7.38. The average molecular weight is 260 g/mol. The van der Waals surface area contributed by atoms with E-state index >= 15 is 0 Å². The minimum atomic E-state index is 0.0863. The zero-order valence-corrected chi connectivity index (χ0v) is 12.8. The molecular formula is C17H28N2. The van der Waals surface area contributed by atoms with Crippen molar-refractivity contribution in [2.75, 3.05) is 13.1 Å². The summed E-state index contributed by atoms with van der Waals surface area (Å²) in [5.41, 5.74) is 8.17. The molecule has 1 aromatic rings. The van der Waals surface area contributed by atoms with E-state index in [1.807, 2.05) is 6.07 Å². The average Bonchev–Trinajstić information content (AvgIpc) is 2.68. The van der Waals surface area contributed by atoms with Crippen LogP contribution < -0.4 is 5.73 Å². The van der Waals surface area contributed by atoms with Gasteiger partial charge in [-0.05, 0) is 44.2 Å². The van der Waals surface area contributed by atoms with Crippen LogP contribution in [0.4, 0.5) is 0 Å². The Bertz CT molecular complexity index is 409. The van der Waals surface area contributed by atoms with Gasteiger partial charge in [-0.3, -0.25) is 4.90 Å². The van der Waals surface area contributed by atoms with Crippen molar-refractivity contribution in [3.63, 3.8) is 0 Å². The quantitative estimate of drug-likeness (QED) is 0.896. The first-order chi connectivity index (χ1) is 8.83. The highest BCUT2D eigenvalue weighted by Crippen LogP contribution is 2.37. The van der Waals surface area contributed by atoms with Gasteiger partial charge in [0, 0.05) is 18.1 Å². The van der Waals surface area contributed by atoms with Crippen LogP contribution in [0.1, 0.15) is 52.1 Å². The van der Waals surface area contributed by atoms with Gasteiger partial charge in [0.25, 0.3) is 0 Å². The predicted molar refractivity (Wildman–Crippen MR) is 82.0 cm³/mol. The molecule has 0 saturated carbocycles. The lowest BCUT2D eigenvalue weighted by atomic mass is 9.80. The van der Waals surface area contributed by atoms with Crippen molar-refractivity contribution in [1.82, 2.24) is 4.90 Å². The molecule has 1 aromatic carbocycles. The summed E-state index contributed by atoms with van der Waals surface area (Å²) >= 11 is 0. The molecule has 2 rings (SSSR count). The van der Waals surface area contributed by atoms with Crippen molar-refractivity contribution < 1.29 is 0 Å². The summed E-state index contributed by atoms with van der Waals surface area (Å²) in [5, 5.41) is 0. The highest BCUT2D eigenvalue weighted by atomic mass is 15.2. The fourth-order valence-corrected chi connectivity index (χ4v) is 3.16. The van der Waals surface area contributed by atoms with E-state index in [-0.39, 0.29) is 11.5 Å². The summed E-state index contributed by atoms with van der Waals surface area (Å²) in [5.74, 6) is 0.